The summed E-state index contributed by atoms with van der Waals surface area (Å²) in [6.07, 6.45) is 0. The molecule has 0 bridgehead atoms. The SMILES string of the molecule is Cc1cc(F)c(-c2ccc(N)nc2C)cc1F. The summed E-state index contributed by atoms with van der Waals surface area (Å²) >= 11 is 0. The molecule has 0 unspecified atom stereocenters. The summed E-state index contributed by atoms with van der Waals surface area (Å²) in [5, 5.41) is 0. The summed E-state index contributed by atoms with van der Waals surface area (Å²) in [6.45, 7) is 3.24. The van der Waals surface area contributed by atoms with Crippen LogP contribution in [0.2, 0.25) is 0 Å². The predicted molar refractivity (Wildman–Crippen MR) is 63.5 cm³/mol. The maximum atomic E-state index is 13.8. The van der Waals surface area contributed by atoms with Crippen molar-refractivity contribution in [1.82, 2.24) is 4.98 Å². The molecule has 88 valence electrons. The van der Waals surface area contributed by atoms with Gasteiger partial charge in [0.1, 0.15) is 17.5 Å². The van der Waals surface area contributed by atoms with E-state index in [4.69, 9.17) is 5.73 Å². The third kappa shape index (κ3) is 2.11. The maximum Gasteiger partial charge on any atom is 0.131 e. The number of nitrogens with two attached hydrogens (primary N) is 1. The van der Waals surface area contributed by atoms with E-state index in [1.54, 1.807) is 19.1 Å². The summed E-state index contributed by atoms with van der Waals surface area (Å²) in [5.74, 6) is -0.532. The molecule has 0 saturated carbocycles. The van der Waals surface area contributed by atoms with E-state index < -0.39 is 11.6 Å². The molecule has 0 aliphatic carbocycles. The monoisotopic (exact) mass is 234 g/mol. The number of hydrogen-bond acceptors (Lipinski definition) is 2. The highest BCUT2D eigenvalue weighted by molar-refractivity contribution is 5.68. The van der Waals surface area contributed by atoms with Crippen LogP contribution in [0.5, 0.6) is 0 Å². The molecule has 0 fully saturated rings. The largest absolute Gasteiger partial charge is 0.384 e. The second kappa shape index (κ2) is 4.13. The molecule has 0 atom stereocenters. The van der Waals surface area contributed by atoms with Gasteiger partial charge >= 0.3 is 0 Å². The highest BCUT2D eigenvalue weighted by atomic mass is 19.1. The summed E-state index contributed by atoms with van der Waals surface area (Å²) in [7, 11) is 0. The van der Waals surface area contributed by atoms with Crippen molar-refractivity contribution in [3.05, 3.63) is 47.2 Å². The first kappa shape index (κ1) is 11.5. The Morgan fingerprint density at radius 1 is 1.00 bits per heavy atom. The minimum atomic E-state index is -0.460. The van der Waals surface area contributed by atoms with Crippen molar-refractivity contribution in [3.8, 4) is 11.1 Å². The van der Waals surface area contributed by atoms with E-state index in [1.807, 2.05) is 0 Å². The topological polar surface area (TPSA) is 38.9 Å². The summed E-state index contributed by atoms with van der Waals surface area (Å²) in [4.78, 5) is 4.03. The van der Waals surface area contributed by atoms with E-state index in [9.17, 15) is 8.78 Å². The number of pyridine rings is 1. The van der Waals surface area contributed by atoms with Gasteiger partial charge in [-0.3, -0.25) is 0 Å². The minimum absolute atomic E-state index is 0.207. The first-order valence-electron chi connectivity index (χ1n) is 5.18. The van der Waals surface area contributed by atoms with Gasteiger partial charge in [0.15, 0.2) is 0 Å². The molecule has 17 heavy (non-hydrogen) atoms. The second-order valence-electron chi connectivity index (χ2n) is 3.95. The standard InChI is InChI=1S/C13H12F2N2/c1-7-5-12(15)10(6-11(7)14)9-3-4-13(16)17-8(9)2/h3-6H,1-2H3,(H2,16,17). The molecular formula is C13H12F2N2. The van der Waals surface area contributed by atoms with Crippen LogP contribution in [0.4, 0.5) is 14.6 Å². The first-order chi connectivity index (χ1) is 7.99. The van der Waals surface area contributed by atoms with E-state index in [2.05, 4.69) is 4.98 Å². The summed E-state index contributed by atoms with van der Waals surface area (Å²) < 4.78 is 27.2. The van der Waals surface area contributed by atoms with Crippen molar-refractivity contribution in [1.29, 1.82) is 0 Å². The van der Waals surface area contributed by atoms with E-state index >= 15 is 0 Å². The third-order valence-corrected chi connectivity index (χ3v) is 2.65. The number of halogens is 2. The van der Waals surface area contributed by atoms with Gasteiger partial charge in [-0.2, -0.15) is 0 Å². The zero-order chi connectivity index (χ0) is 12.6. The molecule has 0 amide bonds. The third-order valence-electron chi connectivity index (χ3n) is 2.65. The van der Waals surface area contributed by atoms with Crippen LogP contribution in [-0.2, 0) is 0 Å². The molecular weight excluding hydrogens is 222 g/mol. The molecule has 2 nitrogen and oxygen atoms in total. The maximum absolute atomic E-state index is 13.8. The first-order valence-corrected chi connectivity index (χ1v) is 5.18. The zero-order valence-electron chi connectivity index (χ0n) is 9.59. The van der Waals surface area contributed by atoms with Gasteiger partial charge in [0.2, 0.25) is 0 Å². The van der Waals surface area contributed by atoms with Crippen LogP contribution in [0.25, 0.3) is 11.1 Å². The smallest absolute Gasteiger partial charge is 0.131 e. The van der Waals surface area contributed by atoms with Crippen molar-refractivity contribution < 1.29 is 8.78 Å². The Balaban J connectivity index is 2.64. The average molecular weight is 234 g/mol. The van der Waals surface area contributed by atoms with Gasteiger partial charge in [-0.05, 0) is 43.7 Å². The molecule has 1 aromatic carbocycles. The molecule has 0 radical (unpaired) electrons. The Hall–Kier alpha value is -1.97. The number of aromatic nitrogens is 1. The molecule has 2 aromatic rings. The minimum Gasteiger partial charge on any atom is -0.384 e. The Morgan fingerprint density at radius 3 is 2.35 bits per heavy atom. The van der Waals surface area contributed by atoms with Crippen molar-refractivity contribution in [2.75, 3.05) is 5.73 Å². The van der Waals surface area contributed by atoms with Crippen LogP contribution in [0.1, 0.15) is 11.3 Å². The summed E-state index contributed by atoms with van der Waals surface area (Å²) in [5.41, 5.74) is 7.14. The van der Waals surface area contributed by atoms with Crippen LogP contribution in [0.15, 0.2) is 24.3 Å². The number of anilines is 1. The van der Waals surface area contributed by atoms with Crippen molar-refractivity contribution in [3.63, 3.8) is 0 Å². The van der Waals surface area contributed by atoms with Gasteiger partial charge in [-0.25, -0.2) is 13.8 Å². The normalized spacial score (nSPS) is 10.6. The van der Waals surface area contributed by atoms with Gasteiger partial charge in [0.05, 0.1) is 0 Å². The van der Waals surface area contributed by atoms with Crippen molar-refractivity contribution >= 4 is 5.82 Å². The van der Waals surface area contributed by atoms with Gasteiger partial charge in [0.25, 0.3) is 0 Å². The molecule has 4 heteroatoms. The lowest BCUT2D eigenvalue weighted by Crippen LogP contribution is -1.97. The molecule has 2 rings (SSSR count). The van der Waals surface area contributed by atoms with E-state index in [1.165, 1.54) is 19.1 Å². The Morgan fingerprint density at radius 2 is 1.71 bits per heavy atom. The molecule has 0 aliphatic heterocycles. The van der Waals surface area contributed by atoms with Crippen LogP contribution in [-0.4, -0.2) is 4.98 Å². The molecule has 1 aromatic heterocycles. The lowest BCUT2D eigenvalue weighted by molar-refractivity contribution is 0.595. The molecule has 1 heterocycles. The van der Waals surface area contributed by atoms with Crippen LogP contribution < -0.4 is 5.73 Å². The Labute approximate surface area is 98.1 Å². The highest BCUT2D eigenvalue weighted by Crippen LogP contribution is 2.27. The fourth-order valence-electron chi connectivity index (χ4n) is 1.72. The van der Waals surface area contributed by atoms with Crippen LogP contribution in [0.3, 0.4) is 0 Å². The second-order valence-corrected chi connectivity index (χ2v) is 3.95. The fourth-order valence-corrected chi connectivity index (χ4v) is 1.72. The van der Waals surface area contributed by atoms with Gasteiger partial charge < -0.3 is 5.73 Å². The van der Waals surface area contributed by atoms with Gasteiger partial charge in [-0.1, -0.05) is 0 Å². The number of rotatable bonds is 1. The number of benzene rings is 1. The average Bonchev–Trinajstić information content (AvgIpc) is 2.24. The number of hydrogen-bond donors (Lipinski definition) is 1. The van der Waals surface area contributed by atoms with E-state index in [-0.39, 0.29) is 11.1 Å². The lowest BCUT2D eigenvalue weighted by Gasteiger charge is -2.08. The fraction of sp³-hybridized carbons (Fsp3) is 0.154. The Bertz CT molecular complexity index is 580. The number of nitrogens with zero attached hydrogens (tertiary/aromatic N) is 1. The van der Waals surface area contributed by atoms with Gasteiger partial charge in [-0.15, -0.1) is 0 Å². The van der Waals surface area contributed by atoms with Crippen LogP contribution >= 0.6 is 0 Å². The van der Waals surface area contributed by atoms with Crippen molar-refractivity contribution in [2.45, 2.75) is 13.8 Å². The number of nitrogen functional groups attached to an aromatic ring is 1. The van der Waals surface area contributed by atoms with Crippen LogP contribution in [0, 0.1) is 25.5 Å². The van der Waals surface area contributed by atoms with E-state index in [0.29, 0.717) is 17.1 Å². The molecule has 0 saturated heterocycles. The zero-order valence-corrected chi connectivity index (χ0v) is 9.59. The number of aryl methyl sites for hydroxylation is 2. The summed E-state index contributed by atoms with van der Waals surface area (Å²) in [6, 6.07) is 5.58. The van der Waals surface area contributed by atoms with Gasteiger partial charge in [0, 0.05) is 16.8 Å². The highest BCUT2D eigenvalue weighted by Gasteiger charge is 2.12. The predicted octanol–water partition coefficient (Wildman–Crippen LogP) is 3.23. The quantitative estimate of drug-likeness (QED) is 0.822. The molecule has 0 aliphatic rings. The van der Waals surface area contributed by atoms with Crippen molar-refractivity contribution in [2.24, 2.45) is 0 Å². The molecule has 0 spiro atoms. The molecule has 2 N–H and O–H groups in total. The Kier molecular flexibility index (Phi) is 2.79. The van der Waals surface area contributed by atoms with E-state index in [0.717, 1.165) is 0 Å². The lowest BCUT2D eigenvalue weighted by atomic mass is 10.0.